The van der Waals surface area contributed by atoms with Gasteiger partial charge in [-0.15, -0.1) is 9.89 Å². The van der Waals surface area contributed by atoms with Crippen LogP contribution in [0.3, 0.4) is 0 Å². The number of aromatic nitrogens is 3. The van der Waals surface area contributed by atoms with Gasteiger partial charge in [-0.2, -0.15) is 5.10 Å². The van der Waals surface area contributed by atoms with Crippen LogP contribution in [0.1, 0.15) is 31.4 Å². The van der Waals surface area contributed by atoms with Crippen LogP contribution in [0.15, 0.2) is 11.7 Å². The zero-order valence-electron chi connectivity index (χ0n) is 7.36. The van der Waals surface area contributed by atoms with Gasteiger partial charge in [0.2, 0.25) is 0 Å². The molecule has 0 unspecified atom stereocenters. The SMILES string of the molecule is C=Cc1nc(C(C)C)nn1N=C. The lowest BCUT2D eigenvalue weighted by Gasteiger charge is -1.93. The van der Waals surface area contributed by atoms with Gasteiger partial charge in [0.25, 0.3) is 0 Å². The minimum absolute atomic E-state index is 0.298. The molecule has 0 aliphatic heterocycles. The highest BCUT2D eigenvalue weighted by Crippen LogP contribution is 2.10. The molecule has 4 nitrogen and oxygen atoms in total. The molecule has 0 amide bonds. The van der Waals surface area contributed by atoms with Crippen molar-refractivity contribution in [2.75, 3.05) is 0 Å². The first-order valence-corrected chi connectivity index (χ1v) is 3.75. The van der Waals surface area contributed by atoms with Crippen LogP contribution in [0.2, 0.25) is 0 Å². The molecule has 0 aromatic carbocycles. The molecule has 0 saturated carbocycles. The van der Waals surface area contributed by atoms with E-state index < -0.39 is 0 Å². The van der Waals surface area contributed by atoms with Gasteiger partial charge in [0.05, 0.1) is 0 Å². The number of hydrogen-bond acceptors (Lipinski definition) is 3. The van der Waals surface area contributed by atoms with Crippen LogP contribution >= 0.6 is 0 Å². The van der Waals surface area contributed by atoms with Gasteiger partial charge in [0.1, 0.15) is 0 Å². The first-order valence-electron chi connectivity index (χ1n) is 3.75. The Morgan fingerprint density at radius 3 is 2.58 bits per heavy atom. The monoisotopic (exact) mass is 164 g/mol. The number of rotatable bonds is 3. The summed E-state index contributed by atoms with van der Waals surface area (Å²) in [7, 11) is 0. The smallest absolute Gasteiger partial charge is 0.175 e. The second kappa shape index (κ2) is 3.30. The van der Waals surface area contributed by atoms with Crippen molar-refractivity contribution in [3.05, 3.63) is 18.2 Å². The topological polar surface area (TPSA) is 43.1 Å². The minimum atomic E-state index is 0.298. The van der Waals surface area contributed by atoms with Crippen molar-refractivity contribution >= 4 is 12.8 Å². The van der Waals surface area contributed by atoms with E-state index in [9.17, 15) is 0 Å². The van der Waals surface area contributed by atoms with Crippen molar-refractivity contribution in [2.24, 2.45) is 5.10 Å². The maximum Gasteiger partial charge on any atom is 0.175 e. The predicted molar refractivity (Wildman–Crippen MR) is 49.1 cm³/mol. The van der Waals surface area contributed by atoms with Crippen LogP contribution < -0.4 is 0 Å². The molecule has 0 saturated heterocycles. The Kier molecular flexibility index (Phi) is 2.38. The summed E-state index contributed by atoms with van der Waals surface area (Å²) >= 11 is 0. The Bertz CT molecular complexity index is 273. The van der Waals surface area contributed by atoms with Crippen LogP contribution in [-0.2, 0) is 0 Å². The van der Waals surface area contributed by atoms with E-state index in [4.69, 9.17) is 0 Å². The molecule has 0 bridgehead atoms. The van der Waals surface area contributed by atoms with Crippen molar-refractivity contribution in [3.8, 4) is 0 Å². The van der Waals surface area contributed by atoms with Crippen LogP contribution in [0.25, 0.3) is 6.08 Å². The molecule has 0 fully saturated rings. The van der Waals surface area contributed by atoms with Crippen molar-refractivity contribution < 1.29 is 0 Å². The summed E-state index contributed by atoms with van der Waals surface area (Å²) in [5, 5.41) is 7.77. The van der Waals surface area contributed by atoms with E-state index in [0.29, 0.717) is 11.7 Å². The molecule has 1 rings (SSSR count). The zero-order chi connectivity index (χ0) is 9.14. The Balaban J connectivity index is 3.13. The fourth-order valence-corrected chi connectivity index (χ4v) is 0.809. The molecular formula is C8H12N4. The first-order chi connectivity index (χ1) is 5.69. The number of hydrogen-bond donors (Lipinski definition) is 0. The van der Waals surface area contributed by atoms with Gasteiger partial charge in [-0.05, 0) is 6.08 Å². The molecule has 0 atom stereocenters. The third kappa shape index (κ3) is 1.42. The van der Waals surface area contributed by atoms with Crippen LogP contribution in [0.5, 0.6) is 0 Å². The third-order valence-corrected chi connectivity index (χ3v) is 1.46. The summed E-state index contributed by atoms with van der Waals surface area (Å²) in [5.41, 5.74) is 0. The molecule has 1 aromatic heterocycles. The van der Waals surface area contributed by atoms with E-state index in [2.05, 4.69) is 28.5 Å². The summed E-state index contributed by atoms with van der Waals surface area (Å²) in [4.78, 5) is 5.58. The quantitative estimate of drug-likeness (QED) is 0.635. The van der Waals surface area contributed by atoms with Gasteiger partial charge < -0.3 is 0 Å². The van der Waals surface area contributed by atoms with Crippen LogP contribution in [-0.4, -0.2) is 21.6 Å². The maximum absolute atomic E-state index is 4.20. The Morgan fingerprint density at radius 1 is 1.58 bits per heavy atom. The van der Waals surface area contributed by atoms with Gasteiger partial charge in [-0.25, -0.2) is 4.98 Å². The highest BCUT2D eigenvalue weighted by atomic mass is 15.5. The van der Waals surface area contributed by atoms with E-state index in [1.807, 2.05) is 13.8 Å². The van der Waals surface area contributed by atoms with E-state index in [1.165, 1.54) is 4.79 Å². The van der Waals surface area contributed by atoms with Crippen molar-refractivity contribution in [1.82, 2.24) is 14.9 Å². The summed E-state index contributed by atoms with van der Waals surface area (Å²) in [6.45, 7) is 11.0. The van der Waals surface area contributed by atoms with Gasteiger partial charge in [-0.1, -0.05) is 20.4 Å². The van der Waals surface area contributed by atoms with E-state index in [-0.39, 0.29) is 0 Å². The zero-order valence-corrected chi connectivity index (χ0v) is 7.36. The van der Waals surface area contributed by atoms with Crippen molar-refractivity contribution in [3.63, 3.8) is 0 Å². The second-order valence-corrected chi connectivity index (χ2v) is 2.72. The molecule has 64 valence electrons. The normalized spacial score (nSPS) is 10.2. The first kappa shape index (κ1) is 8.64. The molecular weight excluding hydrogens is 152 g/mol. The Labute approximate surface area is 71.6 Å². The largest absolute Gasteiger partial charge is 0.210 e. The Hall–Kier alpha value is -1.45. The average molecular weight is 164 g/mol. The predicted octanol–water partition coefficient (Wildman–Crippen LogP) is 1.51. The van der Waals surface area contributed by atoms with Crippen LogP contribution in [0.4, 0.5) is 0 Å². The van der Waals surface area contributed by atoms with Gasteiger partial charge >= 0.3 is 0 Å². The van der Waals surface area contributed by atoms with Gasteiger partial charge in [0, 0.05) is 12.6 Å². The molecule has 4 heteroatoms. The summed E-state index contributed by atoms with van der Waals surface area (Å²) in [5.74, 6) is 1.69. The highest BCUT2D eigenvalue weighted by molar-refractivity contribution is 5.37. The van der Waals surface area contributed by atoms with Gasteiger partial charge in [-0.3, -0.25) is 0 Å². The highest BCUT2D eigenvalue weighted by Gasteiger charge is 2.08. The molecule has 0 aliphatic rings. The minimum Gasteiger partial charge on any atom is -0.210 e. The van der Waals surface area contributed by atoms with Crippen LogP contribution in [0, 0.1) is 0 Å². The lowest BCUT2D eigenvalue weighted by Crippen LogP contribution is -1.94. The lowest BCUT2D eigenvalue weighted by molar-refractivity contribution is 0.694. The molecule has 0 spiro atoms. The molecule has 12 heavy (non-hydrogen) atoms. The number of nitrogens with zero attached hydrogens (tertiary/aromatic N) is 4. The molecule has 0 N–H and O–H groups in total. The van der Waals surface area contributed by atoms with Gasteiger partial charge in [0.15, 0.2) is 11.6 Å². The summed E-state index contributed by atoms with van der Waals surface area (Å²) in [6.07, 6.45) is 1.60. The fraction of sp³-hybridized carbons (Fsp3) is 0.375. The molecule has 0 aliphatic carbocycles. The third-order valence-electron chi connectivity index (χ3n) is 1.46. The van der Waals surface area contributed by atoms with E-state index >= 15 is 0 Å². The van der Waals surface area contributed by atoms with Crippen molar-refractivity contribution in [1.29, 1.82) is 0 Å². The maximum atomic E-state index is 4.20. The summed E-state index contributed by atoms with van der Waals surface area (Å²) in [6, 6.07) is 0. The van der Waals surface area contributed by atoms with Crippen molar-refractivity contribution in [2.45, 2.75) is 19.8 Å². The summed E-state index contributed by atoms with van der Waals surface area (Å²) < 4.78 is 0. The standard InChI is InChI=1S/C8H12N4/c1-5-7-10-8(6(2)3)11-12(7)9-4/h5-6H,1,4H2,2-3H3. The fourth-order valence-electron chi connectivity index (χ4n) is 0.809. The Morgan fingerprint density at radius 2 is 2.25 bits per heavy atom. The van der Waals surface area contributed by atoms with E-state index in [1.54, 1.807) is 6.08 Å². The molecule has 0 radical (unpaired) electrons. The molecule has 1 heterocycles. The second-order valence-electron chi connectivity index (χ2n) is 2.72. The molecule has 1 aromatic rings. The lowest BCUT2D eigenvalue weighted by atomic mass is 10.2. The van der Waals surface area contributed by atoms with E-state index in [0.717, 1.165) is 5.82 Å². The average Bonchev–Trinajstić information content (AvgIpc) is 2.46.